The van der Waals surface area contributed by atoms with Gasteiger partial charge in [-0.2, -0.15) is 0 Å². The lowest BCUT2D eigenvalue weighted by Crippen LogP contribution is -2.42. The molecule has 0 saturated carbocycles. The molecule has 0 aromatic heterocycles. The molecular formula is C25H29N3O4S. The second-order valence-electron chi connectivity index (χ2n) is 7.33. The van der Waals surface area contributed by atoms with Gasteiger partial charge in [-0.3, -0.25) is 9.10 Å². The summed E-state index contributed by atoms with van der Waals surface area (Å²) < 4.78 is 33.7. The topological polar surface area (TPSA) is 79.0 Å². The molecule has 0 radical (unpaired) electrons. The number of likely N-dealkylation sites (N-methyl/N-ethyl adjacent to an activating group) is 1. The third kappa shape index (κ3) is 6.26. The average molecular weight is 468 g/mol. The van der Waals surface area contributed by atoms with Gasteiger partial charge in [0.25, 0.3) is 10.0 Å². The van der Waals surface area contributed by atoms with Crippen molar-refractivity contribution < 1.29 is 17.9 Å². The van der Waals surface area contributed by atoms with Gasteiger partial charge in [0.1, 0.15) is 12.3 Å². The number of carbonyl (C=O) groups excluding carboxylic acids is 1. The fourth-order valence-electron chi connectivity index (χ4n) is 3.32. The predicted molar refractivity (Wildman–Crippen MR) is 131 cm³/mol. The maximum absolute atomic E-state index is 13.5. The van der Waals surface area contributed by atoms with Crippen LogP contribution in [-0.4, -0.2) is 47.6 Å². The monoisotopic (exact) mass is 467 g/mol. The molecule has 0 bridgehead atoms. The molecule has 3 aromatic rings. The van der Waals surface area contributed by atoms with Gasteiger partial charge in [-0.15, -0.1) is 0 Å². The fourth-order valence-corrected chi connectivity index (χ4v) is 4.77. The molecule has 3 rings (SSSR count). The second-order valence-corrected chi connectivity index (χ2v) is 9.19. The predicted octanol–water partition coefficient (Wildman–Crippen LogP) is 3.53. The smallest absolute Gasteiger partial charge is 0.264 e. The lowest BCUT2D eigenvalue weighted by Gasteiger charge is -2.26. The van der Waals surface area contributed by atoms with E-state index in [0.717, 1.165) is 9.99 Å². The van der Waals surface area contributed by atoms with Crippen molar-refractivity contribution in [3.05, 3.63) is 84.9 Å². The van der Waals surface area contributed by atoms with Gasteiger partial charge in [-0.05, 0) is 43.3 Å². The minimum absolute atomic E-state index is 0.105. The van der Waals surface area contributed by atoms with E-state index in [1.54, 1.807) is 42.5 Å². The summed E-state index contributed by atoms with van der Waals surface area (Å²) in [6.07, 6.45) is 0. The number of anilines is 2. The summed E-state index contributed by atoms with van der Waals surface area (Å²) in [6.45, 7) is 2.78. The van der Waals surface area contributed by atoms with Gasteiger partial charge in [0, 0.05) is 25.8 Å². The molecule has 174 valence electrons. The molecule has 1 amide bonds. The van der Waals surface area contributed by atoms with Crippen molar-refractivity contribution in [3.8, 4) is 5.75 Å². The third-order valence-electron chi connectivity index (χ3n) is 5.02. The van der Waals surface area contributed by atoms with E-state index in [1.807, 2.05) is 49.2 Å². The maximum atomic E-state index is 13.5. The van der Waals surface area contributed by atoms with Crippen LogP contribution in [-0.2, 0) is 14.8 Å². The molecule has 3 aromatic carbocycles. The molecule has 0 aliphatic heterocycles. The Kier molecular flexibility index (Phi) is 8.32. The van der Waals surface area contributed by atoms with Crippen molar-refractivity contribution in [2.24, 2.45) is 0 Å². The van der Waals surface area contributed by atoms with Gasteiger partial charge in [0.2, 0.25) is 5.91 Å². The summed E-state index contributed by atoms with van der Waals surface area (Å²) in [5.74, 6) is -0.00149. The van der Waals surface area contributed by atoms with Crippen LogP contribution in [0, 0.1) is 0 Å². The van der Waals surface area contributed by atoms with Crippen LogP contribution in [0.5, 0.6) is 5.75 Å². The Hall–Kier alpha value is -3.52. The number of sulfonamides is 1. The Bertz CT molecular complexity index is 1140. The van der Waals surface area contributed by atoms with E-state index in [-0.39, 0.29) is 11.4 Å². The molecule has 0 aliphatic carbocycles. The molecule has 8 heteroatoms. The van der Waals surface area contributed by atoms with Crippen LogP contribution in [0.2, 0.25) is 0 Å². The van der Waals surface area contributed by atoms with Crippen LogP contribution < -0.4 is 19.3 Å². The number of rotatable bonds is 11. The molecule has 0 atom stereocenters. The summed E-state index contributed by atoms with van der Waals surface area (Å²) in [5.41, 5.74) is 1.35. The molecule has 7 nitrogen and oxygen atoms in total. The number of amides is 1. The highest BCUT2D eigenvalue weighted by Gasteiger charge is 2.29. The van der Waals surface area contributed by atoms with Crippen LogP contribution in [0.4, 0.5) is 11.4 Å². The van der Waals surface area contributed by atoms with Crippen molar-refractivity contribution in [2.45, 2.75) is 11.8 Å². The summed E-state index contributed by atoms with van der Waals surface area (Å²) in [4.78, 5) is 14.9. The molecule has 0 fully saturated rings. The Balaban J connectivity index is 1.78. The zero-order valence-corrected chi connectivity index (χ0v) is 19.7. The molecule has 1 N–H and O–H groups in total. The quantitative estimate of drug-likeness (QED) is 0.467. The lowest BCUT2D eigenvalue weighted by molar-refractivity contribution is -0.119. The fraction of sp³-hybridized carbons (Fsp3) is 0.240. The first-order valence-corrected chi connectivity index (χ1v) is 12.2. The van der Waals surface area contributed by atoms with Crippen LogP contribution in [0.25, 0.3) is 0 Å². The SMILES string of the molecule is CCOc1ccccc1N(CC(=O)NCCN(C)c1ccccc1)S(=O)(=O)c1ccccc1. The van der Waals surface area contributed by atoms with Crippen molar-refractivity contribution >= 4 is 27.3 Å². The molecule has 0 aliphatic rings. The largest absolute Gasteiger partial charge is 0.492 e. The number of ether oxygens (including phenoxy) is 1. The molecule has 0 saturated heterocycles. The molecule has 0 unspecified atom stereocenters. The van der Waals surface area contributed by atoms with Gasteiger partial charge < -0.3 is 15.0 Å². The van der Waals surface area contributed by atoms with E-state index in [0.29, 0.717) is 31.1 Å². The number of para-hydroxylation sites is 3. The van der Waals surface area contributed by atoms with E-state index in [1.165, 1.54) is 12.1 Å². The Morgan fingerprint density at radius 1 is 0.909 bits per heavy atom. The number of benzene rings is 3. The molecule has 33 heavy (non-hydrogen) atoms. The van der Waals surface area contributed by atoms with Crippen LogP contribution in [0.1, 0.15) is 6.92 Å². The standard InChI is InChI=1S/C25H29N3O4S/c1-3-32-24-17-11-10-16-23(24)28(33(30,31)22-14-8-5-9-15-22)20-25(29)26-18-19-27(2)21-12-6-4-7-13-21/h4-17H,3,18-20H2,1-2H3,(H,26,29). The van der Waals surface area contributed by atoms with Crippen LogP contribution in [0.3, 0.4) is 0 Å². The maximum Gasteiger partial charge on any atom is 0.264 e. The van der Waals surface area contributed by atoms with E-state index in [2.05, 4.69) is 5.32 Å². The Morgan fingerprint density at radius 3 is 2.18 bits per heavy atom. The lowest BCUT2D eigenvalue weighted by atomic mass is 10.3. The first-order valence-electron chi connectivity index (χ1n) is 10.8. The molecule has 0 spiro atoms. The number of hydrogen-bond acceptors (Lipinski definition) is 5. The van der Waals surface area contributed by atoms with Gasteiger partial charge in [-0.25, -0.2) is 8.42 Å². The third-order valence-corrected chi connectivity index (χ3v) is 6.79. The van der Waals surface area contributed by atoms with Crippen LogP contribution >= 0.6 is 0 Å². The number of carbonyl (C=O) groups is 1. The first kappa shape index (κ1) is 24.1. The number of hydrogen-bond donors (Lipinski definition) is 1. The summed E-state index contributed by atoms with van der Waals surface area (Å²) in [7, 11) is -2.06. The van der Waals surface area contributed by atoms with E-state index < -0.39 is 15.9 Å². The summed E-state index contributed by atoms with van der Waals surface area (Å²) >= 11 is 0. The molecular weight excluding hydrogens is 438 g/mol. The summed E-state index contributed by atoms with van der Waals surface area (Å²) in [5, 5.41) is 2.83. The highest BCUT2D eigenvalue weighted by Crippen LogP contribution is 2.32. The highest BCUT2D eigenvalue weighted by molar-refractivity contribution is 7.92. The highest BCUT2D eigenvalue weighted by atomic mass is 32.2. The van der Waals surface area contributed by atoms with Gasteiger partial charge in [-0.1, -0.05) is 48.5 Å². The van der Waals surface area contributed by atoms with Crippen molar-refractivity contribution in [2.75, 3.05) is 42.5 Å². The van der Waals surface area contributed by atoms with Crippen LogP contribution in [0.15, 0.2) is 89.8 Å². The van der Waals surface area contributed by atoms with Crippen molar-refractivity contribution in [3.63, 3.8) is 0 Å². The van der Waals surface area contributed by atoms with E-state index in [9.17, 15) is 13.2 Å². The zero-order chi connectivity index (χ0) is 23.7. The van der Waals surface area contributed by atoms with Gasteiger partial charge in [0.15, 0.2) is 0 Å². The second kappa shape index (κ2) is 11.4. The minimum Gasteiger partial charge on any atom is -0.492 e. The van der Waals surface area contributed by atoms with Gasteiger partial charge >= 0.3 is 0 Å². The van der Waals surface area contributed by atoms with Gasteiger partial charge in [0.05, 0.1) is 17.2 Å². The molecule has 0 heterocycles. The average Bonchev–Trinajstić information content (AvgIpc) is 2.84. The normalized spacial score (nSPS) is 11.0. The van der Waals surface area contributed by atoms with E-state index >= 15 is 0 Å². The summed E-state index contributed by atoms with van der Waals surface area (Å²) in [6, 6.07) is 24.7. The minimum atomic E-state index is -3.99. The first-order chi connectivity index (χ1) is 15.9. The number of nitrogens with zero attached hydrogens (tertiary/aromatic N) is 2. The zero-order valence-electron chi connectivity index (χ0n) is 18.8. The Labute approximate surface area is 195 Å². The number of nitrogens with one attached hydrogen (secondary N) is 1. The van der Waals surface area contributed by atoms with Crippen molar-refractivity contribution in [1.82, 2.24) is 5.32 Å². The van der Waals surface area contributed by atoms with E-state index in [4.69, 9.17) is 4.74 Å². The van der Waals surface area contributed by atoms with Crippen molar-refractivity contribution in [1.29, 1.82) is 0 Å². The Morgan fingerprint density at radius 2 is 1.52 bits per heavy atom.